The lowest BCUT2D eigenvalue weighted by molar-refractivity contribution is -0.152. The summed E-state index contributed by atoms with van der Waals surface area (Å²) in [4.78, 5) is 17.4. The van der Waals surface area contributed by atoms with Gasteiger partial charge in [-0.25, -0.2) is 4.98 Å². The number of pyridine rings is 1. The van der Waals surface area contributed by atoms with E-state index in [-0.39, 0.29) is 12.6 Å². The smallest absolute Gasteiger partial charge is 0.316 e. The van der Waals surface area contributed by atoms with Crippen LogP contribution >= 0.6 is 11.6 Å². The molecular formula is C20H19ClN2O2. The zero-order chi connectivity index (χ0) is 17.3. The van der Waals surface area contributed by atoms with Gasteiger partial charge in [0.2, 0.25) is 0 Å². The minimum atomic E-state index is -0.552. The van der Waals surface area contributed by atoms with Crippen LogP contribution in [0.3, 0.4) is 0 Å². The lowest BCUT2D eigenvalue weighted by atomic mass is 9.79. The molecule has 1 saturated carbocycles. The number of carbonyl (C=O) groups is 1. The maximum atomic E-state index is 13.0. The number of carbonyl (C=O) groups excluding carboxylic acids is 1. The molecule has 4 rings (SSSR count). The molecule has 0 unspecified atom stereocenters. The summed E-state index contributed by atoms with van der Waals surface area (Å²) >= 11 is 6.00. The second-order valence-electron chi connectivity index (χ2n) is 6.57. The molecule has 2 heterocycles. The van der Waals surface area contributed by atoms with Gasteiger partial charge >= 0.3 is 5.97 Å². The molecule has 0 N–H and O–H groups in total. The Morgan fingerprint density at radius 2 is 1.92 bits per heavy atom. The van der Waals surface area contributed by atoms with Gasteiger partial charge in [-0.05, 0) is 42.7 Å². The van der Waals surface area contributed by atoms with E-state index in [9.17, 15) is 4.79 Å². The topological polar surface area (TPSA) is 43.6 Å². The first-order valence-corrected chi connectivity index (χ1v) is 8.91. The van der Waals surface area contributed by atoms with Crippen molar-refractivity contribution >= 4 is 23.2 Å². The molecule has 2 aromatic heterocycles. The van der Waals surface area contributed by atoms with Gasteiger partial charge in [0, 0.05) is 17.4 Å². The summed E-state index contributed by atoms with van der Waals surface area (Å²) in [6.07, 6.45) is 7.53. The first-order chi connectivity index (χ1) is 12.2. The number of hydrogen-bond donors (Lipinski definition) is 0. The fourth-order valence-electron chi connectivity index (χ4n) is 3.69. The van der Waals surface area contributed by atoms with E-state index in [1.165, 1.54) is 0 Å². The molecule has 25 heavy (non-hydrogen) atoms. The van der Waals surface area contributed by atoms with Crippen LogP contribution in [0.25, 0.3) is 5.65 Å². The van der Waals surface area contributed by atoms with E-state index in [2.05, 4.69) is 4.98 Å². The number of esters is 1. The number of fused-ring (bicyclic) bond motifs is 1. The molecule has 0 atom stereocenters. The molecule has 5 heteroatoms. The molecule has 0 amide bonds. The summed E-state index contributed by atoms with van der Waals surface area (Å²) in [6.45, 7) is 0.190. The molecule has 1 fully saturated rings. The Bertz CT molecular complexity index is 862. The number of benzene rings is 1. The molecule has 1 aliphatic carbocycles. The normalized spacial score (nSPS) is 16.2. The molecular weight excluding hydrogens is 336 g/mol. The zero-order valence-electron chi connectivity index (χ0n) is 13.8. The average Bonchev–Trinajstić information content (AvgIpc) is 3.27. The molecule has 0 aliphatic heterocycles. The van der Waals surface area contributed by atoms with Gasteiger partial charge in [0.25, 0.3) is 0 Å². The van der Waals surface area contributed by atoms with Crippen molar-refractivity contribution in [2.75, 3.05) is 0 Å². The molecule has 0 radical (unpaired) electrons. The van der Waals surface area contributed by atoms with E-state index in [1.54, 1.807) is 0 Å². The maximum Gasteiger partial charge on any atom is 0.316 e. The van der Waals surface area contributed by atoms with Crippen LogP contribution < -0.4 is 0 Å². The summed E-state index contributed by atoms with van der Waals surface area (Å²) in [6, 6.07) is 13.4. The van der Waals surface area contributed by atoms with Crippen LogP contribution in [0.1, 0.15) is 36.9 Å². The third-order valence-electron chi connectivity index (χ3n) is 5.01. The van der Waals surface area contributed by atoms with Gasteiger partial charge in [-0.3, -0.25) is 4.79 Å². The largest absolute Gasteiger partial charge is 0.458 e. The Balaban J connectivity index is 1.54. The first-order valence-electron chi connectivity index (χ1n) is 8.53. The Labute approximate surface area is 151 Å². The third kappa shape index (κ3) is 3.02. The lowest BCUT2D eigenvalue weighted by Gasteiger charge is -2.27. The molecule has 3 aromatic rings. The van der Waals surface area contributed by atoms with Crippen molar-refractivity contribution in [2.24, 2.45) is 0 Å². The SMILES string of the molecule is O=C(OCc1cn2ccccc2n1)C1(c2ccc(Cl)cc2)CCCC1. The highest BCUT2D eigenvalue weighted by atomic mass is 35.5. The predicted molar refractivity (Wildman–Crippen MR) is 96.6 cm³/mol. The van der Waals surface area contributed by atoms with E-state index < -0.39 is 5.41 Å². The number of aromatic nitrogens is 2. The van der Waals surface area contributed by atoms with Crippen LogP contribution in [-0.2, 0) is 21.6 Å². The minimum Gasteiger partial charge on any atom is -0.458 e. The second-order valence-corrected chi connectivity index (χ2v) is 7.01. The average molecular weight is 355 g/mol. The van der Waals surface area contributed by atoms with Crippen molar-refractivity contribution in [3.8, 4) is 0 Å². The van der Waals surface area contributed by atoms with Gasteiger partial charge in [-0.1, -0.05) is 42.6 Å². The minimum absolute atomic E-state index is 0.163. The summed E-state index contributed by atoms with van der Waals surface area (Å²) < 4.78 is 7.61. The molecule has 0 saturated heterocycles. The van der Waals surface area contributed by atoms with Gasteiger partial charge < -0.3 is 9.14 Å². The molecule has 128 valence electrons. The number of hydrogen-bond acceptors (Lipinski definition) is 3. The summed E-state index contributed by atoms with van der Waals surface area (Å²) in [7, 11) is 0. The molecule has 1 aliphatic rings. The van der Waals surface area contributed by atoms with Gasteiger partial charge in [0.15, 0.2) is 0 Å². The monoisotopic (exact) mass is 354 g/mol. The van der Waals surface area contributed by atoms with Gasteiger partial charge in [0.1, 0.15) is 12.3 Å². The summed E-state index contributed by atoms with van der Waals surface area (Å²) in [5, 5.41) is 0.676. The highest BCUT2D eigenvalue weighted by molar-refractivity contribution is 6.30. The van der Waals surface area contributed by atoms with Crippen molar-refractivity contribution in [3.05, 3.63) is 71.1 Å². The van der Waals surface area contributed by atoms with E-state index in [1.807, 2.05) is 59.3 Å². The molecule has 0 bridgehead atoms. The summed E-state index contributed by atoms with van der Waals surface area (Å²) in [5.41, 5.74) is 2.05. The highest BCUT2D eigenvalue weighted by Gasteiger charge is 2.44. The fourth-order valence-corrected chi connectivity index (χ4v) is 3.82. The molecule has 1 aromatic carbocycles. The van der Waals surface area contributed by atoms with Gasteiger partial charge in [0.05, 0.1) is 11.1 Å². The maximum absolute atomic E-state index is 13.0. The van der Waals surface area contributed by atoms with E-state index in [0.717, 1.165) is 42.6 Å². The van der Waals surface area contributed by atoms with E-state index >= 15 is 0 Å². The zero-order valence-corrected chi connectivity index (χ0v) is 14.6. The number of halogens is 1. The number of rotatable bonds is 4. The van der Waals surface area contributed by atoms with Crippen LogP contribution in [0, 0.1) is 0 Å². The Morgan fingerprint density at radius 3 is 2.64 bits per heavy atom. The standard InChI is InChI=1S/C20H19ClN2O2/c21-16-8-6-15(7-9-16)20(10-2-3-11-20)19(24)25-14-17-13-23-12-4-1-5-18(23)22-17/h1,4-9,12-13H,2-3,10-11,14H2. The third-order valence-corrected chi connectivity index (χ3v) is 5.26. The Kier molecular flexibility index (Phi) is 4.22. The van der Waals surface area contributed by atoms with Crippen LogP contribution in [0.5, 0.6) is 0 Å². The predicted octanol–water partition coefficient (Wildman–Crippen LogP) is 4.54. The van der Waals surface area contributed by atoms with Crippen molar-refractivity contribution in [3.63, 3.8) is 0 Å². The summed E-state index contributed by atoms with van der Waals surface area (Å²) in [5.74, 6) is -0.163. The molecule has 0 spiro atoms. The van der Waals surface area contributed by atoms with Crippen LogP contribution in [-0.4, -0.2) is 15.4 Å². The first kappa shape index (κ1) is 16.2. The van der Waals surface area contributed by atoms with Crippen LogP contribution in [0.15, 0.2) is 54.9 Å². The van der Waals surface area contributed by atoms with Crippen LogP contribution in [0.4, 0.5) is 0 Å². The van der Waals surface area contributed by atoms with Crippen molar-refractivity contribution < 1.29 is 9.53 Å². The van der Waals surface area contributed by atoms with Crippen molar-refractivity contribution in [2.45, 2.75) is 37.7 Å². The molecule has 4 nitrogen and oxygen atoms in total. The second kappa shape index (κ2) is 6.52. The van der Waals surface area contributed by atoms with Gasteiger partial charge in [-0.15, -0.1) is 0 Å². The number of ether oxygens (including phenoxy) is 1. The number of imidazole rings is 1. The van der Waals surface area contributed by atoms with Crippen LogP contribution in [0.2, 0.25) is 5.02 Å². The van der Waals surface area contributed by atoms with Crippen molar-refractivity contribution in [1.82, 2.24) is 9.38 Å². The number of nitrogens with zero attached hydrogens (tertiary/aromatic N) is 2. The lowest BCUT2D eigenvalue weighted by Crippen LogP contribution is -2.34. The highest BCUT2D eigenvalue weighted by Crippen LogP contribution is 2.42. The Morgan fingerprint density at radius 1 is 1.16 bits per heavy atom. The Hall–Kier alpha value is -2.33. The van der Waals surface area contributed by atoms with E-state index in [0.29, 0.717) is 5.02 Å². The van der Waals surface area contributed by atoms with Gasteiger partial charge in [-0.2, -0.15) is 0 Å². The van der Waals surface area contributed by atoms with Crippen molar-refractivity contribution in [1.29, 1.82) is 0 Å². The van der Waals surface area contributed by atoms with E-state index in [4.69, 9.17) is 16.3 Å². The quantitative estimate of drug-likeness (QED) is 0.646. The fraction of sp³-hybridized carbons (Fsp3) is 0.300.